The molecule has 1 aromatic heterocycles. The van der Waals surface area contributed by atoms with Gasteiger partial charge in [-0.2, -0.15) is 0 Å². The van der Waals surface area contributed by atoms with Gasteiger partial charge in [0.05, 0.1) is 12.1 Å². The summed E-state index contributed by atoms with van der Waals surface area (Å²) in [6, 6.07) is 7.16. The van der Waals surface area contributed by atoms with Gasteiger partial charge in [0.15, 0.2) is 5.76 Å². The van der Waals surface area contributed by atoms with Gasteiger partial charge in [0.1, 0.15) is 11.6 Å². The van der Waals surface area contributed by atoms with Gasteiger partial charge in [-0.05, 0) is 44.2 Å². The first-order valence-electron chi connectivity index (χ1n) is 10.8. The Morgan fingerprint density at radius 2 is 2.03 bits per heavy atom. The van der Waals surface area contributed by atoms with Crippen LogP contribution in [0, 0.1) is 5.92 Å². The smallest absolute Gasteiger partial charge is 0.287 e. The van der Waals surface area contributed by atoms with Gasteiger partial charge in [-0.1, -0.05) is 32.0 Å². The number of nitrogens with zero attached hydrogens (tertiary/aromatic N) is 1. The topological polar surface area (TPSA) is 135 Å². The van der Waals surface area contributed by atoms with E-state index in [1.807, 2.05) is 32.0 Å². The van der Waals surface area contributed by atoms with Crippen molar-refractivity contribution in [3.05, 3.63) is 36.1 Å². The van der Waals surface area contributed by atoms with Crippen LogP contribution >= 0.6 is 0 Å². The second-order valence-corrected chi connectivity index (χ2v) is 9.63. The Morgan fingerprint density at radius 3 is 2.69 bits per heavy atom. The molecule has 10 heteroatoms. The second-order valence-electron chi connectivity index (χ2n) is 8.73. The van der Waals surface area contributed by atoms with Crippen LogP contribution in [0.4, 0.5) is 0 Å². The van der Waals surface area contributed by atoms with Gasteiger partial charge in [0, 0.05) is 29.2 Å². The number of rotatable bonds is 7. The molecule has 32 heavy (non-hydrogen) atoms. The lowest BCUT2D eigenvalue weighted by Gasteiger charge is -2.30. The molecule has 1 aliphatic rings. The van der Waals surface area contributed by atoms with E-state index in [1.165, 1.54) is 4.31 Å². The second kappa shape index (κ2) is 10.6. The lowest BCUT2D eigenvalue weighted by molar-refractivity contribution is -0.125. The Kier molecular flexibility index (Phi) is 8.05. The fourth-order valence-corrected chi connectivity index (χ4v) is 4.61. The zero-order valence-corrected chi connectivity index (χ0v) is 19.3. The molecule has 0 bridgehead atoms. The number of para-hydroxylation sites is 1. The number of carbonyl (C=O) groups excluding carboxylic acids is 2. The number of hydrogen-bond acceptors (Lipinski definition) is 6. The Morgan fingerprint density at radius 1 is 1.31 bits per heavy atom. The number of β-amino-alcohol motifs (C(OH)–C–C–N with tert-alkyl or cyclic N) is 1. The first-order valence-corrected chi connectivity index (χ1v) is 11.8. The predicted octanol–water partition coefficient (Wildman–Crippen LogP) is 1.70. The molecule has 9 nitrogen and oxygen atoms in total. The number of aliphatic hydroxyl groups excluding tert-OH is 1. The molecule has 0 aliphatic carbocycles. The Balaban J connectivity index is 1.70. The largest absolute Gasteiger partial charge is 0.760 e. The summed E-state index contributed by atoms with van der Waals surface area (Å²) in [5.41, 5.74) is 0.582. The van der Waals surface area contributed by atoms with Crippen molar-refractivity contribution in [1.82, 2.24) is 14.9 Å². The summed E-state index contributed by atoms with van der Waals surface area (Å²) < 4.78 is 29.6. The maximum absolute atomic E-state index is 13.0. The number of carbonyl (C=O) groups is 2. The van der Waals surface area contributed by atoms with Gasteiger partial charge < -0.3 is 24.7 Å². The molecular formula is C22H30N3O6S-. The van der Waals surface area contributed by atoms with Crippen molar-refractivity contribution in [1.29, 1.82) is 0 Å². The van der Waals surface area contributed by atoms with Crippen LogP contribution in [0.2, 0.25) is 0 Å². The van der Waals surface area contributed by atoms with E-state index in [4.69, 9.17) is 4.42 Å². The van der Waals surface area contributed by atoms with Crippen LogP contribution in [-0.2, 0) is 16.1 Å². The molecule has 5 atom stereocenters. The van der Waals surface area contributed by atoms with Crippen molar-refractivity contribution in [2.75, 3.05) is 6.54 Å². The van der Waals surface area contributed by atoms with Crippen LogP contribution in [0.3, 0.4) is 0 Å². The molecule has 2 aromatic rings. The van der Waals surface area contributed by atoms with E-state index in [9.17, 15) is 23.5 Å². The van der Waals surface area contributed by atoms with Gasteiger partial charge in [-0.15, -0.1) is 0 Å². The lowest BCUT2D eigenvalue weighted by Crippen LogP contribution is -2.53. The zero-order valence-electron chi connectivity index (χ0n) is 18.4. The van der Waals surface area contributed by atoms with Crippen LogP contribution in [0.5, 0.6) is 0 Å². The van der Waals surface area contributed by atoms with E-state index < -0.39 is 41.3 Å². The first-order chi connectivity index (χ1) is 15.2. The van der Waals surface area contributed by atoms with Crippen molar-refractivity contribution in [3.63, 3.8) is 0 Å². The van der Waals surface area contributed by atoms with E-state index >= 15 is 0 Å². The normalized spacial score (nSPS) is 24.1. The molecule has 176 valence electrons. The summed E-state index contributed by atoms with van der Waals surface area (Å²) in [6.45, 7) is 5.55. The van der Waals surface area contributed by atoms with E-state index in [1.54, 1.807) is 19.1 Å². The van der Waals surface area contributed by atoms with Crippen LogP contribution < -0.4 is 10.6 Å². The van der Waals surface area contributed by atoms with Crippen LogP contribution in [-0.4, -0.2) is 60.8 Å². The predicted molar refractivity (Wildman–Crippen MR) is 119 cm³/mol. The first kappa shape index (κ1) is 24.4. The molecule has 1 fully saturated rings. The van der Waals surface area contributed by atoms with Gasteiger partial charge in [0.25, 0.3) is 5.91 Å². The van der Waals surface area contributed by atoms with Crippen molar-refractivity contribution in [2.45, 2.75) is 64.3 Å². The molecule has 0 spiro atoms. The van der Waals surface area contributed by atoms with Gasteiger partial charge in [-0.3, -0.25) is 13.8 Å². The SMILES string of the molecule is CC(C)C[C@H](NC(=O)c1cc2ccccc2o1)C(=O)N[C@H]1CC[C@@H](C)N(S(=O)[O-])C[C@@H]1O. The maximum atomic E-state index is 13.0. The van der Waals surface area contributed by atoms with E-state index in [0.29, 0.717) is 24.8 Å². The van der Waals surface area contributed by atoms with Crippen LogP contribution in [0.1, 0.15) is 50.6 Å². The van der Waals surface area contributed by atoms with Crippen molar-refractivity contribution < 1.29 is 27.9 Å². The number of furan rings is 1. The molecule has 3 N–H and O–H groups in total. The third kappa shape index (κ3) is 5.94. The van der Waals surface area contributed by atoms with Crippen molar-refractivity contribution in [3.8, 4) is 0 Å². The monoisotopic (exact) mass is 464 g/mol. The summed E-state index contributed by atoms with van der Waals surface area (Å²) in [7, 11) is 0. The molecule has 1 aromatic carbocycles. The number of hydrogen-bond donors (Lipinski definition) is 3. The molecule has 2 amide bonds. The third-order valence-corrected chi connectivity index (χ3v) is 6.61. The number of nitrogens with one attached hydrogen (secondary N) is 2. The quantitative estimate of drug-likeness (QED) is 0.534. The molecule has 1 unspecified atom stereocenters. The standard InChI is InChI=1S/C22H31N3O6S/c1-13(2)10-17(24-22(28)20-11-15-6-4-5-7-19(15)31-20)21(27)23-16-9-8-14(3)25(32(29)30)12-18(16)26/h4-7,11,13-14,16-18,26H,8-10,12H2,1-3H3,(H,23,27)(H,24,28)(H,29,30)/p-1/t14-,16+,17+,18+/m1/s1. The Bertz CT molecular complexity index is 944. The molecule has 0 saturated carbocycles. The Labute approximate surface area is 190 Å². The van der Waals surface area contributed by atoms with Gasteiger partial charge >= 0.3 is 0 Å². The van der Waals surface area contributed by atoms with Crippen molar-refractivity contribution in [2.24, 2.45) is 5.92 Å². The molecule has 1 saturated heterocycles. The Hall–Kier alpha value is -2.27. The molecule has 0 radical (unpaired) electrons. The van der Waals surface area contributed by atoms with Crippen LogP contribution in [0.15, 0.2) is 34.7 Å². The highest BCUT2D eigenvalue weighted by molar-refractivity contribution is 7.76. The molecule has 3 rings (SSSR count). The maximum Gasteiger partial charge on any atom is 0.287 e. The third-order valence-electron chi connectivity index (χ3n) is 5.72. The fourth-order valence-electron chi connectivity index (χ4n) is 3.93. The van der Waals surface area contributed by atoms with Crippen molar-refractivity contribution >= 4 is 34.1 Å². The molecule has 1 aliphatic heterocycles. The molecular weight excluding hydrogens is 434 g/mol. The minimum absolute atomic E-state index is 0.0948. The average Bonchev–Trinajstić information content (AvgIpc) is 3.11. The van der Waals surface area contributed by atoms with Gasteiger partial charge in [0.2, 0.25) is 5.91 Å². The van der Waals surface area contributed by atoms with E-state index in [2.05, 4.69) is 10.6 Å². The number of fused-ring (bicyclic) bond motifs is 1. The highest BCUT2D eigenvalue weighted by Crippen LogP contribution is 2.21. The van der Waals surface area contributed by atoms with E-state index in [0.717, 1.165) is 5.39 Å². The number of aliphatic hydroxyl groups is 1. The minimum atomic E-state index is -2.45. The number of amides is 2. The van der Waals surface area contributed by atoms with E-state index in [-0.39, 0.29) is 24.3 Å². The summed E-state index contributed by atoms with van der Waals surface area (Å²) in [4.78, 5) is 25.8. The highest BCUT2D eigenvalue weighted by Gasteiger charge is 2.33. The summed E-state index contributed by atoms with van der Waals surface area (Å²) in [6.07, 6.45) is 0.269. The minimum Gasteiger partial charge on any atom is -0.760 e. The number of benzene rings is 1. The summed E-state index contributed by atoms with van der Waals surface area (Å²) in [5, 5.41) is 16.9. The zero-order chi connectivity index (χ0) is 23.4. The fraction of sp³-hybridized carbons (Fsp3) is 0.545. The molecule has 2 heterocycles. The average molecular weight is 465 g/mol. The summed E-state index contributed by atoms with van der Waals surface area (Å²) in [5.74, 6) is -0.676. The van der Waals surface area contributed by atoms with Gasteiger partial charge in [-0.25, -0.2) is 4.31 Å². The highest BCUT2D eigenvalue weighted by atomic mass is 32.2. The van der Waals surface area contributed by atoms with Crippen LogP contribution in [0.25, 0.3) is 11.0 Å². The summed E-state index contributed by atoms with van der Waals surface area (Å²) >= 11 is -2.45. The lowest BCUT2D eigenvalue weighted by atomic mass is 10.0.